The summed E-state index contributed by atoms with van der Waals surface area (Å²) < 4.78 is 52.6. The zero-order valence-electron chi connectivity index (χ0n) is 16.1. The van der Waals surface area contributed by atoms with Crippen molar-refractivity contribution in [2.45, 2.75) is 37.6 Å². The van der Waals surface area contributed by atoms with Crippen LogP contribution in [0.25, 0.3) is 0 Å². The first-order valence-corrected chi connectivity index (χ1v) is 9.68. The fourth-order valence-corrected chi connectivity index (χ4v) is 3.83. The molecule has 0 unspecified atom stereocenters. The Labute approximate surface area is 170 Å². The lowest BCUT2D eigenvalue weighted by molar-refractivity contribution is -0.275. The molecule has 0 aromatic heterocycles. The third-order valence-corrected chi connectivity index (χ3v) is 5.39. The molecule has 3 saturated heterocycles. The summed E-state index contributed by atoms with van der Waals surface area (Å²) in [6.45, 7) is 1.65. The van der Waals surface area contributed by atoms with Crippen molar-refractivity contribution in [3.05, 3.63) is 29.8 Å². The van der Waals surface area contributed by atoms with Crippen LogP contribution < -0.4 is 10.1 Å². The van der Waals surface area contributed by atoms with Crippen molar-refractivity contribution < 1.29 is 37.0 Å². The molecule has 30 heavy (non-hydrogen) atoms. The maximum absolute atomic E-state index is 12.7. The van der Waals surface area contributed by atoms with Crippen molar-refractivity contribution in [2.24, 2.45) is 0 Å². The Morgan fingerprint density at radius 1 is 1.20 bits per heavy atom. The number of benzene rings is 1. The Hall–Kier alpha value is -2.53. The molecule has 0 radical (unpaired) electrons. The predicted octanol–water partition coefficient (Wildman–Crippen LogP) is 1.50. The summed E-state index contributed by atoms with van der Waals surface area (Å²) in [5.74, 6) is -0.477. The number of nitrogens with zero attached hydrogens (tertiary/aromatic N) is 2. The number of ether oxygens (including phenoxy) is 3. The van der Waals surface area contributed by atoms with Gasteiger partial charge in [0.1, 0.15) is 12.4 Å². The third-order valence-electron chi connectivity index (χ3n) is 5.39. The molecule has 1 aromatic carbocycles. The van der Waals surface area contributed by atoms with E-state index in [2.05, 4.69) is 10.1 Å². The van der Waals surface area contributed by atoms with E-state index in [1.165, 1.54) is 18.2 Å². The first-order chi connectivity index (χ1) is 14.3. The van der Waals surface area contributed by atoms with Crippen molar-refractivity contribution in [2.75, 3.05) is 32.8 Å². The Balaban J connectivity index is 1.24. The number of piperidine rings is 1. The van der Waals surface area contributed by atoms with Crippen LogP contribution in [0.1, 0.15) is 12.0 Å². The first kappa shape index (κ1) is 20.7. The van der Waals surface area contributed by atoms with Crippen LogP contribution in [0.3, 0.4) is 0 Å². The highest BCUT2D eigenvalue weighted by Gasteiger charge is 2.40. The zero-order valence-corrected chi connectivity index (χ0v) is 16.1. The number of likely N-dealkylation sites (tertiary alicyclic amines) is 2. The smallest absolute Gasteiger partial charge is 0.405 e. The molecule has 3 amide bonds. The third kappa shape index (κ3) is 4.78. The lowest BCUT2D eigenvalue weighted by Crippen LogP contribution is -2.65. The van der Waals surface area contributed by atoms with Crippen LogP contribution >= 0.6 is 0 Å². The number of urea groups is 1. The number of hydrogen-bond acceptors (Lipinski definition) is 5. The first-order valence-electron chi connectivity index (χ1n) is 9.68. The summed E-state index contributed by atoms with van der Waals surface area (Å²) in [7, 11) is 0. The molecule has 0 aliphatic carbocycles. The van der Waals surface area contributed by atoms with Crippen molar-refractivity contribution in [3.8, 4) is 5.75 Å². The van der Waals surface area contributed by atoms with Gasteiger partial charge in [0.2, 0.25) is 5.91 Å². The molecule has 0 spiro atoms. The van der Waals surface area contributed by atoms with Crippen LogP contribution in [0.4, 0.5) is 18.0 Å². The summed E-state index contributed by atoms with van der Waals surface area (Å²) >= 11 is 0. The Morgan fingerprint density at radius 2 is 1.97 bits per heavy atom. The maximum atomic E-state index is 12.7. The number of fused-ring (bicyclic) bond motifs is 1. The number of hydrogen-bond donors (Lipinski definition) is 1. The normalized spacial score (nSPS) is 24.7. The molecular formula is C19H22F3N3O5. The van der Waals surface area contributed by atoms with Crippen LogP contribution in [0.5, 0.6) is 5.75 Å². The summed E-state index contributed by atoms with van der Waals surface area (Å²) in [5.41, 5.74) is 0.287. The molecular weight excluding hydrogens is 407 g/mol. The number of amides is 3. The van der Waals surface area contributed by atoms with Gasteiger partial charge in [-0.2, -0.15) is 0 Å². The average Bonchev–Trinajstić information content (AvgIpc) is 2.66. The van der Waals surface area contributed by atoms with E-state index in [1.807, 2.05) is 0 Å². The quantitative estimate of drug-likeness (QED) is 0.785. The minimum absolute atomic E-state index is 0.0458. The Kier molecular flexibility index (Phi) is 5.74. The highest BCUT2D eigenvalue weighted by atomic mass is 19.4. The second-order valence-electron chi connectivity index (χ2n) is 7.53. The number of carbonyl (C=O) groups excluding carboxylic acids is 2. The molecule has 164 valence electrons. The number of rotatable bonds is 4. The van der Waals surface area contributed by atoms with Gasteiger partial charge in [-0.25, -0.2) is 4.79 Å². The SMILES string of the molecule is O=C1CO[C@H]2CCN(C(=O)N3CC(OCc4ccccc4OC(F)(F)F)C3)C[C@H]2N1. The molecule has 3 fully saturated rings. The van der Waals surface area contributed by atoms with Crippen molar-refractivity contribution in [1.82, 2.24) is 15.1 Å². The molecule has 11 heteroatoms. The van der Waals surface area contributed by atoms with E-state index in [4.69, 9.17) is 9.47 Å². The van der Waals surface area contributed by atoms with Crippen LogP contribution in [0.2, 0.25) is 0 Å². The summed E-state index contributed by atoms with van der Waals surface area (Å²) in [6.07, 6.45) is -4.45. The van der Waals surface area contributed by atoms with Gasteiger partial charge in [-0.15, -0.1) is 13.2 Å². The van der Waals surface area contributed by atoms with Gasteiger partial charge in [0, 0.05) is 18.7 Å². The number of nitrogens with one attached hydrogen (secondary N) is 1. The predicted molar refractivity (Wildman–Crippen MR) is 96.5 cm³/mol. The number of alkyl halides is 3. The number of carbonyl (C=O) groups is 2. The second-order valence-corrected chi connectivity index (χ2v) is 7.53. The van der Waals surface area contributed by atoms with Gasteiger partial charge in [-0.05, 0) is 12.5 Å². The summed E-state index contributed by atoms with van der Waals surface area (Å²) in [6, 6.07) is 5.46. The molecule has 3 aliphatic rings. The van der Waals surface area contributed by atoms with Crippen LogP contribution in [-0.4, -0.2) is 79.1 Å². The molecule has 1 N–H and O–H groups in total. The molecule has 3 heterocycles. The zero-order chi connectivity index (χ0) is 21.3. The molecule has 0 saturated carbocycles. The van der Waals surface area contributed by atoms with E-state index < -0.39 is 6.36 Å². The Morgan fingerprint density at radius 3 is 2.73 bits per heavy atom. The molecule has 4 rings (SSSR count). The minimum Gasteiger partial charge on any atom is -0.405 e. The number of para-hydroxylation sites is 1. The van der Waals surface area contributed by atoms with Gasteiger partial charge in [-0.1, -0.05) is 18.2 Å². The van der Waals surface area contributed by atoms with Gasteiger partial charge >= 0.3 is 12.4 Å². The number of morpholine rings is 1. The van der Waals surface area contributed by atoms with Gasteiger partial charge in [-0.3, -0.25) is 4.79 Å². The standard InChI is InChI=1S/C19H22F3N3O5/c20-19(21,22)30-15-4-2-1-3-12(15)10-28-13-7-25(8-13)18(27)24-6-5-16-14(9-24)23-17(26)11-29-16/h1-4,13-14,16H,5-11H2,(H,23,26)/t14-,16+/m1/s1. The Bertz CT molecular complexity index is 800. The lowest BCUT2D eigenvalue weighted by atomic mass is 10.0. The monoisotopic (exact) mass is 429 g/mol. The fraction of sp³-hybridized carbons (Fsp3) is 0.579. The molecule has 8 nitrogen and oxygen atoms in total. The van der Waals surface area contributed by atoms with E-state index in [1.54, 1.807) is 15.9 Å². The van der Waals surface area contributed by atoms with E-state index in [9.17, 15) is 22.8 Å². The van der Waals surface area contributed by atoms with Gasteiger partial charge in [0.05, 0.1) is 37.9 Å². The van der Waals surface area contributed by atoms with E-state index in [0.29, 0.717) is 32.6 Å². The lowest BCUT2D eigenvalue weighted by Gasteiger charge is -2.45. The minimum atomic E-state index is -4.77. The van der Waals surface area contributed by atoms with Crippen LogP contribution in [0, 0.1) is 0 Å². The van der Waals surface area contributed by atoms with Crippen molar-refractivity contribution >= 4 is 11.9 Å². The summed E-state index contributed by atoms with van der Waals surface area (Å²) in [4.78, 5) is 27.5. The molecule has 3 aliphatic heterocycles. The van der Waals surface area contributed by atoms with Crippen LogP contribution in [0.15, 0.2) is 24.3 Å². The van der Waals surface area contributed by atoms with E-state index >= 15 is 0 Å². The fourth-order valence-electron chi connectivity index (χ4n) is 3.83. The largest absolute Gasteiger partial charge is 0.573 e. The second kappa shape index (κ2) is 8.31. The average molecular weight is 429 g/mol. The van der Waals surface area contributed by atoms with Gasteiger partial charge in [0.25, 0.3) is 0 Å². The van der Waals surface area contributed by atoms with Gasteiger partial charge < -0.3 is 29.3 Å². The molecule has 0 bridgehead atoms. The highest BCUT2D eigenvalue weighted by molar-refractivity contribution is 5.79. The van der Waals surface area contributed by atoms with Crippen molar-refractivity contribution in [3.63, 3.8) is 0 Å². The number of halogens is 3. The highest BCUT2D eigenvalue weighted by Crippen LogP contribution is 2.28. The topological polar surface area (TPSA) is 80.3 Å². The van der Waals surface area contributed by atoms with Crippen molar-refractivity contribution in [1.29, 1.82) is 0 Å². The maximum Gasteiger partial charge on any atom is 0.573 e. The van der Waals surface area contributed by atoms with Crippen LogP contribution in [-0.2, 0) is 20.9 Å². The van der Waals surface area contributed by atoms with E-state index in [-0.39, 0.29) is 54.7 Å². The van der Waals surface area contributed by atoms with E-state index in [0.717, 1.165) is 0 Å². The molecule has 1 aromatic rings. The summed E-state index contributed by atoms with van der Waals surface area (Å²) in [5, 5.41) is 2.85. The van der Waals surface area contributed by atoms with Gasteiger partial charge in [0.15, 0.2) is 0 Å². The molecule has 2 atom stereocenters.